The quantitative estimate of drug-likeness (QED) is 0.392. The zero-order chi connectivity index (χ0) is 24.5. The SMILES string of the molecule is Cc1ccc(-c2c(C(N)=O)cccc2C(F)(F)F)cc1-c1cc2cnc(NCCO)nc2cn1. The number of primary amides is 1. The molecule has 0 saturated carbocycles. The third kappa shape index (κ3) is 4.53. The van der Waals surface area contributed by atoms with Gasteiger partial charge in [-0.3, -0.25) is 9.78 Å². The van der Waals surface area contributed by atoms with Crippen LogP contribution >= 0.6 is 0 Å². The van der Waals surface area contributed by atoms with Crippen molar-refractivity contribution in [3.05, 3.63) is 71.5 Å². The molecular formula is C24H20F3N5O2. The first-order valence-corrected chi connectivity index (χ1v) is 10.3. The number of hydrogen-bond donors (Lipinski definition) is 3. The van der Waals surface area contributed by atoms with Gasteiger partial charge in [0.1, 0.15) is 0 Å². The van der Waals surface area contributed by atoms with E-state index >= 15 is 0 Å². The molecule has 0 radical (unpaired) electrons. The van der Waals surface area contributed by atoms with Crippen LogP contribution in [0.5, 0.6) is 0 Å². The fraction of sp³-hybridized carbons (Fsp3) is 0.167. The summed E-state index contributed by atoms with van der Waals surface area (Å²) >= 11 is 0. The Balaban J connectivity index is 1.84. The first kappa shape index (κ1) is 23.1. The van der Waals surface area contributed by atoms with E-state index in [-0.39, 0.29) is 23.3 Å². The number of fused-ring (bicyclic) bond motifs is 1. The van der Waals surface area contributed by atoms with E-state index in [1.165, 1.54) is 12.1 Å². The first-order valence-electron chi connectivity index (χ1n) is 10.3. The van der Waals surface area contributed by atoms with Crippen molar-refractivity contribution in [2.75, 3.05) is 18.5 Å². The lowest BCUT2D eigenvalue weighted by Gasteiger charge is -2.17. The Bertz CT molecular complexity index is 1390. The molecule has 2 aromatic carbocycles. The number of anilines is 1. The van der Waals surface area contributed by atoms with Crippen LogP contribution in [0, 0.1) is 6.92 Å². The number of amides is 1. The molecule has 0 unspecified atom stereocenters. The largest absolute Gasteiger partial charge is 0.417 e. The van der Waals surface area contributed by atoms with Crippen molar-refractivity contribution in [2.24, 2.45) is 5.73 Å². The lowest BCUT2D eigenvalue weighted by atomic mass is 9.90. The van der Waals surface area contributed by atoms with Gasteiger partial charge in [0.05, 0.1) is 29.6 Å². The summed E-state index contributed by atoms with van der Waals surface area (Å²) in [4.78, 5) is 24.9. The summed E-state index contributed by atoms with van der Waals surface area (Å²) in [6, 6.07) is 9.87. The minimum absolute atomic E-state index is 0.0663. The molecule has 7 nitrogen and oxygen atoms in total. The highest BCUT2D eigenvalue weighted by Gasteiger charge is 2.35. The van der Waals surface area contributed by atoms with Gasteiger partial charge in [-0.2, -0.15) is 13.2 Å². The topological polar surface area (TPSA) is 114 Å². The summed E-state index contributed by atoms with van der Waals surface area (Å²) in [5.41, 5.74) is 6.61. The van der Waals surface area contributed by atoms with Crippen molar-refractivity contribution in [3.63, 3.8) is 0 Å². The summed E-state index contributed by atoms with van der Waals surface area (Å²) in [6.07, 6.45) is -1.54. The number of halogens is 3. The number of hydrogen-bond acceptors (Lipinski definition) is 6. The zero-order valence-corrected chi connectivity index (χ0v) is 18.0. The third-order valence-electron chi connectivity index (χ3n) is 5.30. The van der Waals surface area contributed by atoms with E-state index in [0.717, 1.165) is 17.7 Å². The molecule has 34 heavy (non-hydrogen) atoms. The number of benzene rings is 2. The summed E-state index contributed by atoms with van der Waals surface area (Å²) in [6.45, 7) is 2.05. The van der Waals surface area contributed by atoms with E-state index in [1.54, 1.807) is 30.6 Å². The minimum Gasteiger partial charge on any atom is -0.395 e. The van der Waals surface area contributed by atoms with Gasteiger partial charge in [-0.1, -0.05) is 18.2 Å². The van der Waals surface area contributed by atoms with Crippen molar-refractivity contribution in [2.45, 2.75) is 13.1 Å². The van der Waals surface area contributed by atoms with Gasteiger partial charge in [0.2, 0.25) is 11.9 Å². The maximum atomic E-state index is 13.8. The fourth-order valence-electron chi connectivity index (χ4n) is 3.69. The van der Waals surface area contributed by atoms with Crippen LogP contribution in [0.15, 0.2) is 54.9 Å². The molecule has 4 N–H and O–H groups in total. The lowest BCUT2D eigenvalue weighted by Crippen LogP contribution is -2.16. The summed E-state index contributed by atoms with van der Waals surface area (Å²) in [5.74, 6) is -0.605. The Morgan fingerprint density at radius 2 is 1.91 bits per heavy atom. The predicted octanol–water partition coefficient (Wildman–Crippen LogP) is 4.19. The van der Waals surface area contributed by atoms with E-state index < -0.39 is 17.6 Å². The first-order chi connectivity index (χ1) is 16.2. The van der Waals surface area contributed by atoms with Crippen molar-refractivity contribution < 1.29 is 23.1 Å². The molecule has 0 aliphatic rings. The van der Waals surface area contributed by atoms with Crippen LogP contribution in [0.4, 0.5) is 19.1 Å². The highest BCUT2D eigenvalue weighted by molar-refractivity contribution is 6.01. The predicted molar refractivity (Wildman–Crippen MR) is 122 cm³/mol. The summed E-state index contributed by atoms with van der Waals surface area (Å²) < 4.78 is 41.3. The smallest absolute Gasteiger partial charge is 0.395 e. The molecule has 0 atom stereocenters. The number of nitrogens with one attached hydrogen (secondary N) is 1. The van der Waals surface area contributed by atoms with Crippen molar-refractivity contribution >= 4 is 22.8 Å². The Kier molecular flexibility index (Phi) is 6.16. The van der Waals surface area contributed by atoms with Crippen molar-refractivity contribution in [1.82, 2.24) is 15.0 Å². The zero-order valence-electron chi connectivity index (χ0n) is 18.0. The van der Waals surface area contributed by atoms with Gasteiger partial charge in [-0.25, -0.2) is 9.97 Å². The Hall–Kier alpha value is -4.05. The van der Waals surface area contributed by atoms with Gasteiger partial charge in [0.15, 0.2) is 0 Å². The van der Waals surface area contributed by atoms with E-state index in [1.807, 2.05) is 6.92 Å². The van der Waals surface area contributed by atoms with Crippen LogP contribution < -0.4 is 11.1 Å². The van der Waals surface area contributed by atoms with E-state index in [2.05, 4.69) is 20.3 Å². The molecular weight excluding hydrogens is 447 g/mol. The average Bonchev–Trinajstić information content (AvgIpc) is 2.81. The van der Waals surface area contributed by atoms with Crippen LogP contribution in [0.3, 0.4) is 0 Å². The van der Waals surface area contributed by atoms with Crippen LogP contribution in [0.2, 0.25) is 0 Å². The molecule has 0 saturated heterocycles. The van der Waals surface area contributed by atoms with Gasteiger partial charge < -0.3 is 16.2 Å². The van der Waals surface area contributed by atoms with E-state index in [4.69, 9.17) is 10.8 Å². The maximum absolute atomic E-state index is 13.8. The molecule has 4 aromatic rings. The Labute approximate surface area is 192 Å². The number of aryl methyl sites for hydroxylation is 1. The van der Waals surface area contributed by atoms with Gasteiger partial charge in [0.25, 0.3) is 0 Å². The minimum atomic E-state index is -4.67. The van der Waals surface area contributed by atoms with Crippen LogP contribution in [-0.4, -0.2) is 39.1 Å². The number of aliphatic hydroxyl groups is 1. The second-order valence-electron chi connectivity index (χ2n) is 7.59. The van der Waals surface area contributed by atoms with E-state index in [0.29, 0.717) is 34.7 Å². The Morgan fingerprint density at radius 1 is 1.12 bits per heavy atom. The average molecular weight is 467 g/mol. The number of pyridine rings is 1. The summed E-state index contributed by atoms with van der Waals surface area (Å²) in [5, 5.41) is 12.5. The normalized spacial score (nSPS) is 11.6. The number of alkyl halides is 3. The molecule has 174 valence electrons. The highest BCUT2D eigenvalue weighted by Crippen LogP contribution is 2.40. The van der Waals surface area contributed by atoms with Gasteiger partial charge >= 0.3 is 6.18 Å². The Morgan fingerprint density at radius 3 is 2.62 bits per heavy atom. The molecule has 2 aromatic heterocycles. The molecule has 0 aliphatic heterocycles. The van der Waals surface area contributed by atoms with Crippen LogP contribution in [0.1, 0.15) is 21.5 Å². The summed E-state index contributed by atoms with van der Waals surface area (Å²) in [7, 11) is 0. The van der Waals surface area contributed by atoms with Gasteiger partial charge in [-0.15, -0.1) is 0 Å². The highest BCUT2D eigenvalue weighted by atomic mass is 19.4. The monoisotopic (exact) mass is 467 g/mol. The van der Waals surface area contributed by atoms with Crippen LogP contribution in [0.25, 0.3) is 33.3 Å². The molecule has 1 amide bonds. The van der Waals surface area contributed by atoms with E-state index in [9.17, 15) is 18.0 Å². The second-order valence-corrected chi connectivity index (χ2v) is 7.59. The number of aromatic nitrogens is 3. The molecule has 0 aliphatic carbocycles. The lowest BCUT2D eigenvalue weighted by molar-refractivity contribution is -0.137. The molecule has 0 spiro atoms. The molecule has 0 bridgehead atoms. The van der Waals surface area contributed by atoms with Crippen molar-refractivity contribution in [1.29, 1.82) is 0 Å². The van der Waals surface area contributed by atoms with Crippen LogP contribution in [-0.2, 0) is 6.18 Å². The maximum Gasteiger partial charge on any atom is 0.417 e. The third-order valence-corrected chi connectivity index (χ3v) is 5.30. The molecule has 4 rings (SSSR count). The van der Waals surface area contributed by atoms with Crippen molar-refractivity contribution in [3.8, 4) is 22.4 Å². The standard InChI is InChI=1S/C24H20F3N5O2/c1-13-5-6-14(21-16(22(28)34)3-2-4-18(21)24(25,26)27)9-17(13)19-10-15-11-31-23(29-7-8-33)32-20(15)12-30-19/h2-6,9-12,33H,7-8H2,1H3,(H2,28,34)(H,29,31,32). The fourth-order valence-corrected chi connectivity index (χ4v) is 3.69. The molecule has 10 heteroatoms. The number of nitrogens with two attached hydrogens (primary N) is 1. The number of rotatable bonds is 6. The molecule has 0 fully saturated rings. The number of carbonyl (C=O) groups excluding carboxylic acids is 1. The van der Waals surface area contributed by atoms with Gasteiger partial charge in [0, 0.05) is 34.8 Å². The number of nitrogens with zero attached hydrogens (tertiary/aromatic N) is 3. The molecule has 2 heterocycles. The second kappa shape index (κ2) is 9.06. The number of aliphatic hydroxyl groups excluding tert-OH is 1. The van der Waals surface area contributed by atoms with Gasteiger partial charge in [-0.05, 0) is 42.3 Å². The number of carbonyl (C=O) groups is 1.